The Morgan fingerprint density at radius 2 is 1.35 bits per heavy atom. The SMILES string of the molecule is CCCCC1CCC(c2ccc(C#C/C=C/C3CCC(C4CCC(CC)CC4)CC3)cc2)CC1. The topological polar surface area (TPSA) is 0 Å². The molecule has 0 aliphatic heterocycles. The first kappa shape index (κ1) is 25.6. The van der Waals surface area contributed by atoms with Gasteiger partial charge in [0.2, 0.25) is 0 Å². The molecule has 186 valence electrons. The second-order valence-electron chi connectivity index (χ2n) is 12.0. The van der Waals surface area contributed by atoms with Crippen LogP contribution in [0.1, 0.15) is 134 Å². The third kappa shape index (κ3) is 7.51. The maximum atomic E-state index is 3.38. The van der Waals surface area contributed by atoms with E-state index in [-0.39, 0.29) is 0 Å². The molecule has 4 rings (SSSR count). The van der Waals surface area contributed by atoms with Crippen molar-refractivity contribution >= 4 is 0 Å². The van der Waals surface area contributed by atoms with Gasteiger partial charge in [0.25, 0.3) is 0 Å². The van der Waals surface area contributed by atoms with Gasteiger partial charge in [-0.1, -0.05) is 82.4 Å². The molecule has 0 atom stereocenters. The molecule has 0 bridgehead atoms. The predicted octanol–water partition coefficient (Wildman–Crippen LogP) is 10.1. The molecular weight excluding hydrogens is 408 g/mol. The van der Waals surface area contributed by atoms with Crippen LogP contribution >= 0.6 is 0 Å². The summed E-state index contributed by atoms with van der Waals surface area (Å²) in [7, 11) is 0. The average molecular weight is 459 g/mol. The average Bonchev–Trinajstić information content (AvgIpc) is 2.91. The lowest BCUT2D eigenvalue weighted by atomic mass is 9.69. The largest absolute Gasteiger partial charge is 0.0730 e. The van der Waals surface area contributed by atoms with Gasteiger partial charge in [-0.25, -0.2) is 0 Å². The van der Waals surface area contributed by atoms with Crippen LogP contribution in [-0.4, -0.2) is 0 Å². The summed E-state index contributed by atoms with van der Waals surface area (Å²) in [5, 5.41) is 0. The Balaban J connectivity index is 1.17. The zero-order valence-electron chi connectivity index (χ0n) is 22.2. The van der Waals surface area contributed by atoms with Gasteiger partial charge in [-0.2, -0.15) is 0 Å². The maximum absolute atomic E-state index is 3.38. The molecular formula is C34H50. The third-order valence-corrected chi connectivity index (χ3v) is 9.81. The van der Waals surface area contributed by atoms with Gasteiger partial charge in [0, 0.05) is 5.56 Å². The summed E-state index contributed by atoms with van der Waals surface area (Å²) < 4.78 is 0. The van der Waals surface area contributed by atoms with Gasteiger partial charge in [-0.15, -0.1) is 0 Å². The zero-order valence-corrected chi connectivity index (χ0v) is 22.2. The van der Waals surface area contributed by atoms with Gasteiger partial charge in [0.05, 0.1) is 0 Å². The fraction of sp³-hybridized carbons (Fsp3) is 0.706. The summed E-state index contributed by atoms with van der Waals surface area (Å²) in [4.78, 5) is 0. The van der Waals surface area contributed by atoms with Crippen LogP contribution in [0.25, 0.3) is 0 Å². The Kier molecular flexibility index (Phi) is 10.2. The summed E-state index contributed by atoms with van der Waals surface area (Å²) in [5.41, 5.74) is 2.70. The minimum atomic E-state index is 0.757. The van der Waals surface area contributed by atoms with Crippen molar-refractivity contribution in [1.82, 2.24) is 0 Å². The first-order chi connectivity index (χ1) is 16.7. The zero-order chi connectivity index (χ0) is 23.6. The lowest BCUT2D eigenvalue weighted by Gasteiger charge is -2.37. The van der Waals surface area contributed by atoms with Crippen LogP contribution in [0.5, 0.6) is 0 Å². The summed E-state index contributed by atoms with van der Waals surface area (Å²) in [5.74, 6) is 12.3. The van der Waals surface area contributed by atoms with E-state index in [1.807, 2.05) is 0 Å². The van der Waals surface area contributed by atoms with Crippen LogP contribution in [0.4, 0.5) is 0 Å². The molecule has 3 fully saturated rings. The van der Waals surface area contributed by atoms with Crippen LogP contribution in [0.2, 0.25) is 0 Å². The number of allylic oxidation sites excluding steroid dienone is 2. The van der Waals surface area contributed by atoms with Crippen LogP contribution in [0, 0.1) is 41.4 Å². The van der Waals surface area contributed by atoms with Crippen LogP contribution in [-0.2, 0) is 0 Å². The molecule has 0 radical (unpaired) electrons. The highest BCUT2D eigenvalue weighted by molar-refractivity contribution is 5.39. The van der Waals surface area contributed by atoms with Gasteiger partial charge in [-0.05, 0) is 123 Å². The van der Waals surface area contributed by atoms with Gasteiger partial charge in [0.1, 0.15) is 0 Å². The van der Waals surface area contributed by atoms with Crippen molar-refractivity contribution in [2.24, 2.45) is 29.6 Å². The van der Waals surface area contributed by atoms with Crippen molar-refractivity contribution in [3.63, 3.8) is 0 Å². The Labute approximate surface area is 211 Å². The third-order valence-electron chi connectivity index (χ3n) is 9.81. The highest BCUT2D eigenvalue weighted by Crippen LogP contribution is 2.42. The number of unbranched alkanes of at least 4 members (excludes halogenated alkanes) is 1. The molecule has 1 aromatic carbocycles. The smallest absolute Gasteiger partial charge is 0.0249 e. The summed E-state index contributed by atoms with van der Waals surface area (Å²) in [6.07, 6.45) is 27.4. The molecule has 0 unspecified atom stereocenters. The highest BCUT2D eigenvalue weighted by atomic mass is 14.3. The van der Waals surface area contributed by atoms with Crippen LogP contribution in [0.15, 0.2) is 36.4 Å². The van der Waals surface area contributed by atoms with Crippen molar-refractivity contribution in [2.45, 2.75) is 122 Å². The summed E-state index contributed by atoms with van der Waals surface area (Å²) in [6.45, 7) is 4.69. The molecule has 0 spiro atoms. The van der Waals surface area contributed by atoms with Crippen molar-refractivity contribution in [2.75, 3.05) is 0 Å². The standard InChI is InChI=1S/C34H50/c1-3-5-8-28-13-21-33(22-14-28)34-25-17-30(18-26-34)10-7-6-9-29-15-23-32(24-16-29)31-19-11-27(4-2)12-20-31/h6,9,17-18,25-29,31-33H,3-5,8,11-16,19-24H2,1-2H3/b9-6+. The van der Waals surface area contributed by atoms with Gasteiger partial charge >= 0.3 is 0 Å². The molecule has 3 aliphatic carbocycles. The first-order valence-electron chi connectivity index (χ1n) is 15.0. The van der Waals surface area contributed by atoms with E-state index < -0.39 is 0 Å². The number of hydrogen-bond donors (Lipinski definition) is 0. The van der Waals surface area contributed by atoms with E-state index in [9.17, 15) is 0 Å². The molecule has 0 nitrogen and oxygen atoms in total. The second kappa shape index (κ2) is 13.6. The van der Waals surface area contributed by atoms with Gasteiger partial charge < -0.3 is 0 Å². The van der Waals surface area contributed by atoms with Crippen LogP contribution < -0.4 is 0 Å². The Bertz CT molecular complexity index is 779. The molecule has 0 aromatic heterocycles. The quantitative estimate of drug-likeness (QED) is 0.356. The Morgan fingerprint density at radius 1 is 0.735 bits per heavy atom. The van der Waals surface area contributed by atoms with Gasteiger partial charge in [0.15, 0.2) is 0 Å². The van der Waals surface area contributed by atoms with E-state index in [4.69, 9.17) is 0 Å². The highest BCUT2D eigenvalue weighted by Gasteiger charge is 2.29. The minimum absolute atomic E-state index is 0.757. The number of rotatable bonds is 7. The lowest BCUT2D eigenvalue weighted by Crippen LogP contribution is -2.25. The number of benzene rings is 1. The Hall–Kier alpha value is -1.48. The molecule has 0 saturated heterocycles. The van der Waals surface area contributed by atoms with E-state index >= 15 is 0 Å². The minimum Gasteiger partial charge on any atom is -0.0730 e. The lowest BCUT2D eigenvalue weighted by molar-refractivity contribution is 0.154. The summed E-state index contributed by atoms with van der Waals surface area (Å²) >= 11 is 0. The van der Waals surface area contributed by atoms with Crippen molar-refractivity contribution in [3.8, 4) is 11.8 Å². The van der Waals surface area contributed by atoms with Crippen molar-refractivity contribution in [3.05, 3.63) is 47.5 Å². The molecule has 0 heteroatoms. The van der Waals surface area contributed by atoms with E-state index in [2.05, 4.69) is 62.1 Å². The molecule has 1 aromatic rings. The normalized spacial score (nSPS) is 32.3. The molecule has 3 saturated carbocycles. The van der Waals surface area contributed by atoms with E-state index in [0.717, 1.165) is 41.1 Å². The number of hydrogen-bond acceptors (Lipinski definition) is 0. The predicted molar refractivity (Wildman–Crippen MR) is 148 cm³/mol. The molecule has 0 N–H and O–H groups in total. The second-order valence-corrected chi connectivity index (χ2v) is 12.0. The first-order valence-corrected chi connectivity index (χ1v) is 15.0. The fourth-order valence-corrected chi connectivity index (χ4v) is 7.30. The molecule has 0 amide bonds. The van der Waals surface area contributed by atoms with Crippen molar-refractivity contribution in [1.29, 1.82) is 0 Å². The van der Waals surface area contributed by atoms with Crippen LogP contribution in [0.3, 0.4) is 0 Å². The monoisotopic (exact) mass is 458 g/mol. The molecule has 0 heterocycles. The van der Waals surface area contributed by atoms with E-state index in [0.29, 0.717) is 0 Å². The van der Waals surface area contributed by atoms with Gasteiger partial charge in [-0.3, -0.25) is 0 Å². The molecule has 34 heavy (non-hydrogen) atoms. The maximum Gasteiger partial charge on any atom is 0.0249 e. The fourth-order valence-electron chi connectivity index (χ4n) is 7.30. The van der Waals surface area contributed by atoms with Crippen molar-refractivity contribution < 1.29 is 0 Å². The molecule has 3 aliphatic rings. The van der Waals surface area contributed by atoms with E-state index in [1.54, 1.807) is 0 Å². The summed E-state index contributed by atoms with van der Waals surface area (Å²) in [6, 6.07) is 9.19. The van der Waals surface area contributed by atoms with E-state index in [1.165, 1.54) is 108 Å². The Morgan fingerprint density at radius 3 is 1.97 bits per heavy atom.